The van der Waals surface area contributed by atoms with Crippen molar-refractivity contribution in [3.8, 4) is 0 Å². The van der Waals surface area contributed by atoms with Crippen LogP contribution in [0.3, 0.4) is 0 Å². The molecular weight excluding hydrogens is 356 g/mol. The van der Waals surface area contributed by atoms with Crippen molar-refractivity contribution in [2.24, 2.45) is 5.92 Å². The Balaban J connectivity index is 1.45. The van der Waals surface area contributed by atoms with Crippen LogP contribution >= 0.6 is 23.4 Å². The highest BCUT2D eigenvalue weighted by molar-refractivity contribution is 7.98. The molecule has 0 radical (unpaired) electrons. The van der Waals surface area contributed by atoms with E-state index in [1.807, 2.05) is 23.9 Å². The molecule has 0 nitrogen and oxygen atoms in total. The second-order valence-corrected chi connectivity index (χ2v) is 9.18. The predicted octanol–water partition coefficient (Wildman–Crippen LogP) is 8.49. The maximum absolute atomic E-state index is 5.95. The Labute approximate surface area is 168 Å². The number of unbranched alkanes of at least 4 members (excludes halogenated alkanes) is 2. The molecule has 26 heavy (non-hydrogen) atoms. The van der Waals surface area contributed by atoms with E-state index in [1.165, 1.54) is 61.8 Å². The highest BCUT2D eigenvalue weighted by atomic mass is 35.5. The first-order valence-electron chi connectivity index (χ1n) is 10.2. The van der Waals surface area contributed by atoms with E-state index in [-0.39, 0.29) is 0 Å². The van der Waals surface area contributed by atoms with Gasteiger partial charge in [-0.2, -0.15) is 0 Å². The van der Waals surface area contributed by atoms with E-state index in [2.05, 4.69) is 43.3 Å². The van der Waals surface area contributed by atoms with Crippen molar-refractivity contribution >= 4 is 23.4 Å². The average molecular weight is 387 g/mol. The topological polar surface area (TPSA) is 0 Å². The van der Waals surface area contributed by atoms with Crippen molar-refractivity contribution in [1.29, 1.82) is 0 Å². The summed E-state index contributed by atoms with van der Waals surface area (Å²) in [7, 11) is 0. The van der Waals surface area contributed by atoms with Gasteiger partial charge in [0.2, 0.25) is 0 Å². The van der Waals surface area contributed by atoms with Crippen LogP contribution in [0.1, 0.15) is 75.3 Å². The molecule has 1 aliphatic rings. The maximum atomic E-state index is 5.95. The molecule has 0 saturated heterocycles. The Morgan fingerprint density at radius 3 is 2.23 bits per heavy atom. The summed E-state index contributed by atoms with van der Waals surface area (Å²) >= 11 is 7.83. The second kappa shape index (κ2) is 10.4. The molecule has 0 bridgehead atoms. The first kappa shape index (κ1) is 19.8. The lowest BCUT2D eigenvalue weighted by Gasteiger charge is -2.29. The van der Waals surface area contributed by atoms with Gasteiger partial charge in [0.1, 0.15) is 0 Å². The molecule has 2 aromatic carbocycles. The van der Waals surface area contributed by atoms with Crippen LogP contribution in [0.2, 0.25) is 5.02 Å². The zero-order valence-corrected chi connectivity index (χ0v) is 17.5. The molecule has 0 amide bonds. The van der Waals surface area contributed by atoms with Crippen LogP contribution in [0.5, 0.6) is 0 Å². The van der Waals surface area contributed by atoms with E-state index >= 15 is 0 Å². The Morgan fingerprint density at radius 2 is 1.58 bits per heavy atom. The second-order valence-electron chi connectivity index (χ2n) is 7.70. The third-order valence-electron chi connectivity index (χ3n) is 5.73. The number of halogens is 1. The smallest absolute Gasteiger partial charge is 0.0406 e. The van der Waals surface area contributed by atoms with Crippen molar-refractivity contribution < 1.29 is 0 Å². The van der Waals surface area contributed by atoms with Gasteiger partial charge in [-0.05, 0) is 72.9 Å². The fourth-order valence-corrected chi connectivity index (χ4v) is 5.03. The first-order valence-corrected chi connectivity index (χ1v) is 11.6. The molecule has 0 spiro atoms. The highest BCUT2D eigenvalue weighted by Gasteiger charge is 2.21. The summed E-state index contributed by atoms with van der Waals surface area (Å²) in [6, 6.07) is 17.5. The van der Waals surface area contributed by atoms with Gasteiger partial charge in [-0.3, -0.25) is 0 Å². The fourth-order valence-electron chi connectivity index (χ4n) is 4.05. The van der Waals surface area contributed by atoms with Gasteiger partial charge in [0, 0.05) is 15.7 Å². The van der Waals surface area contributed by atoms with Gasteiger partial charge in [-0.25, -0.2) is 0 Å². The molecule has 2 heteroatoms. The highest BCUT2D eigenvalue weighted by Crippen LogP contribution is 2.38. The number of rotatable bonds is 8. The largest absolute Gasteiger partial charge is 0.121 e. The molecule has 1 saturated carbocycles. The van der Waals surface area contributed by atoms with Gasteiger partial charge < -0.3 is 0 Å². The maximum Gasteiger partial charge on any atom is 0.0406 e. The van der Waals surface area contributed by atoms with Crippen LogP contribution in [0.25, 0.3) is 0 Å². The molecular formula is C24H31ClS. The Morgan fingerprint density at radius 1 is 0.885 bits per heavy atom. The van der Waals surface area contributed by atoms with Gasteiger partial charge in [0.25, 0.3) is 0 Å². The summed E-state index contributed by atoms with van der Waals surface area (Å²) in [4.78, 5) is 1.28. The zero-order chi connectivity index (χ0) is 18.2. The summed E-state index contributed by atoms with van der Waals surface area (Å²) in [5, 5.41) is 0.804. The lowest BCUT2D eigenvalue weighted by atomic mass is 9.77. The quantitative estimate of drug-likeness (QED) is 0.323. The van der Waals surface area contributed by atoms with Crippen molar-refractivity contribution in [3.05, 3.63) is 64.7 Å². The summed E-state index contributed by atoms with van der Waals surface area (Å²) in [6.45, 7) is 2.30. The summed E-state index contributed by atoms with van der Waals surface area (Å²) in [5.74, 6) is 2.80. The Kier molecular flexibility index (Phi) is 7.95. The van der Waals surface area contributed by atoms with Gasteiger partial charge >= 0.3 is 0 Å². The Hall–Kier alpha value is -0.920. The molecule has 2 aromatic rings. The molecule has 0 atom stereocenters. The summed E-state index contributed by atoms with van der Waals surface area (Å²) < 4.78 is 0. The van der Waals surface area contributed by atoms with Crippen molar-refractivity contribution in [2.45, 2.75) is 74.9 Å². The minimum absolute atomic E-state index is 0.787. The van der Waals surface area contributed by atoms with Crippen molar-refractivity contribution in [1.82, 2.24) is 0 Å². The van der Waals surface area contributed by atoms with Crippen LogP contribution in [0.4, 0.5) is 0 Å². The molecule has 0 aromatic heterocycles. The molecule has 3 rings (SSSR count). The fraction of sp³-hybridized carbons (Fsp3) is 0.500. The minimum Gasteiger partial charge on any atom is -0.121 e. The molecule has 0 heterocycles. The molecule has 0 aliphatic heterocycles. The number of hydrogen-bond acceptors (Lipinski definition) is 1. The number of thioether (sulfide) groups is 1. The van der Waals surface area contributed by atoms with Crippen LogP contribution in [0, 0.1) is 5.92 Å². The van der Waals surface area contributed by atoms with Gasteiger partial charge in [0.05, 0.1) is 0 Å². The van der Waals surface area contributed by atoms with Gasteiger partial charge in [-0.1, -0.05) is 68.5 Å². The normalized spacial score (nSPS) is 20.2. The number of benzene rings is 2. The third kappa shape index (κ3) is 6.06. The average Bonchev–Trinajstić information content (AvgIpc) is 2.69. The molecule has 140 valence electrons. The van der Waals surface area contributed by atoms with E-state index in [4.69, 9.17) is 11.6 Å². The monoisotopic (exact) mass is 386 g/mol. The molecule has 1 aliphatic carbocycles. The van der Waals surface area contributed by atoms with Crippen molar-refractivity contribution in [3.63, 3.8) is 0 Å². The number of hydrogen-bond donors (Lipinski definition) is 0. The molecule has 0 N–H and O–H groups in total. The van der Waals surface area contributed by atoms with Crippen LogP contribution in [-0.2, 0) is 5.75 Å². The Bertz CT molecular complexity index is 639. The first-order chi connectivity index (χ1) is 12.7. The van der Waals surface area contributed by atoms with Crippen LogP contribution in [-0.4, -0.2) is 0 Å². The van der Waals surface area contributed by atoms with Crippen molar-refractivity contribution in [2.75, 3.05) is 0 Å². The van der Waals surface area contributed by atoms with E-state index in [9.17, 15) is 0 Å². The minimum atomic E-state index is 0.787. The molecule has 0 unspecified atom stereocenters. The van der Waals surface area contributed by atoms with E-state index in [1.54, 1.807) is 5.56 Å². The van der Waals surface area contributed by atoms with Crippen LogP contribution < -0.4 is 0 Å². The van der Waals surface area contributed by atoms with Gasteiger partial charge in [-0.15, -0.1) is 11.8 Å². The zero-order valence-electron chi connectivity index (χ0n) is 15.9. The molecule has 1 fully saturated rings. The van der Waals surface area contributed by atoms with E-state index < -0.39 is 0 Å². The predicted molar refractivity (Wildman–Crippen MR) is 116 cm³/mol. The summed E-state index contributed by atoms with van der Waals surface area (Å²) in [5.41, 5.74) is 2.96. The third-order valence-corrected chi connectivity index (χ3v) is 7.07. The van der Waals surface area contributed by atoms with E-state index in [0.717, 1.165) is 22.6 Å². The van der Waals surface area contributed by atoms with Gasteiger partial charge in [0.15, 0.2) is 0 Å². The standard InChI is InChI=1S/C24H31ClS/c1-2-3-4-5-19-6-10-21(11-7-19)22-12-8-20(9-13-22)18-26-24-16-14-23(25)15-17-24/h8-9,12-17,19,21H,2-7,10-11,18H2,1H3/t19-,21-. The lowest BCUT2D eigenvalue weighted by Crippen LogP contribution is -2.13. The van der Waals surface area contributed by atoms with E-state index in [0.29, 0.717) is 0 Å². The SMILES string of the molecule is CCCCC[C@H]1CC[C@H](c2ccc(CSc3ccc(Cl)cc3)cc2)CC1. The van der Waals surface area contributed by atoms with Crippen LogP contribution in [0.15, 0.2) is 53.4 Å². The lowest BCUT2D eigenvalue weighted by molar-refractivity contribution is 0.303. The summed E-state index contributed by atoms with van der Waals surface area (Å²) in [6.07, 6.45) is 11.3.